The summed E-state index contributed by atoms with van der Waals surface area (Å²) < 4.78 is 5.49. The number of aromatic nitrogens is 2. The molecule has 3 heterocycles. The Hall–Kier alpha value is -1.89. The van der Waals surface area contributed by atoms with Gasteiger partial charge in [-0.1, -0.05) is 6.42 Å². The van der Waals surface area contributed by atoms with Gasteiger partial charge in [-0.15, -0.1) is 0 Å². The molecule has 1 aromatic heterocycles. The Morgan fingerprint density at radius 2 is 1.89 bits per heavy atom. The first-order valence-electron chi connectivity index (χ1n) is 10.2. The largest absolute Gasteiger partial charge is 0.444 e. The van der Waals surface area contributed by atoms with E-state index in [1.807, 2.05) is 27.0 Å². The number of hydrogen-bond donors (Lipinski definition) is 0. The van der Waals surface area contributed by atoms with E-state index < -0.39 is 5.60 Å². The van der Waals surface area contributed by atoms with E-state index in [1.54, 1.807) is 4.90 Å². The summed E-state index contributed by atoms with van der Waals surface area (Å²) in [7, 11) is 0. The number of ether oxygens (including phenoxy) is 1. The van der Waals surface area contributed by atoms with Gasteiger partial charge in [0.2, 0.25) is 5.95 Å². The highest BCUT2D eigenvalue weighted by molar-refractivity contribution is 5.68. The SMILES string of the molecule is CC(C)(C)OC(=O)N1CCc2nc(N3CCN(C4CCC4)CC3)ncc2C1. The average Bonchev–Trinajstić information content (AvgIpc) is 2.58. The van der Waals surface area contributed by atoms with Gasteiger partial charge in [0.05, 0.1) is 12.2 Å². The van der Waals surface area contributed by atoms with Crippen molar-refractivity contribution in [3.63, 3.8) is 0 Å². The Morgan fingerprint density at radius 1 is 1.15 bits per heavy atom. The van der Waals surface area contributed by atoms with Crippen molar-refractivity contribution in [3.05, 3.63) is 17.5 Å². The quantitative estimate of drug-likeness (QED) is 0.794. The first-order chi connectivity index (χ1) is 12.9. The van der Waals surface area contributed by atoms with Gasteiger partial charge in [0.1, 0.15) is 5.60 Å². The zero-order valence-corrected chi connectivity index (χ0v) is 16.8. The summed E-state index contributed by atoms with van der Waals surface area (Å²) in [6.07, 6.45) is 6.51. The van der Waals surface area contributed by atoms with Gasteiger partial charge in [-0.2, -0.15) is 0 Å². The predicted molar refractivity (Wildman–Crippen MR) is 104 cm³/mol. The van der Waals surface area contributed by atoms with Gasteiger partial charge in [-0.25, -0.2) is 14.8 Å². The van der Waals surface area contributed by atoms with E-state index in [-0.39, 0.29) is 6.09 Å². The standard InChI is InChI=1S/C20H31N5O2/c1-20(2,3)27-19(26)25-8-7-17-15(14-25)13-21-18(22-17)24-11-9-23(10-12-24)16-5-4-6-16/h13,16H,4-12,14H2,1-3H3. The Bertz CT molecular complexity index is 690. The maximum atomic E-state index is 12.3. The van der Waals surface area contributed by atoms with Gasteiger partial charge in [0.25, 0.3) is 0 Å². The molecule has 0 aromatic carbocycles. The minimum absolute atomic E-state index is 0.260. The molecular weight excluding hydrogens is 342 g/mol. The molecule has 1 aliphatic carbocycles. The Kier molecular flexibility index (Phi) is 4.97. The fourth-order valence-corrected chi connectivity index (χ4v) is 3.98. The summed E-state index contributed by atoms with van der Waals surface area (Å²) in [5, 5.41) is 0. The third-order valence-corrected chi connectivity index (χ3v) is 5.76. The van der Waals surface area contributed by atoms with Crippen molar-refractivity contribution in [3.8, 4) is 0 Å². The average molecular weight is 374 g/mol. The van der Waals surface area contributed by atoms with Crippen LogP contribution in [0.4, 0.5) is 10.7 Å². The van der Waals surface area contributed by atoms with Crippen LogP contribution in [0.3, 0.4) is 0 Å². The third-order valence-electron chi connectivity index (χ3n) is 5.76. The van der Waals surface area contributed by atoms with Crippen LogP contribution < -0.4 is 4.90 Å². The lowest BCUT2D eigenvalue weighted by molar-refractivity contribution is 0.0222. The van der Waals surface area contributed by atoms with Crippen molar-refractivity contribution in [2.75, 3.05) is 37.6 Å². The number of carbonyl (C=O) groups excluding carboxylic acids is 1. The number of piperazine rings is 1. The predicted octanol–water partition coefficient (Wildman–Crippen LogP) is 2.44. The molecule has 7 heteroatoms. The Labute approximate surface area is 161 Å². The fourth-order valence-electron chi connectivity index (χ4n) is 3.98. The Balaban J connectivity index is 1.37. The summed E-state index contributed by atoms with van der Waals surface area (Å²) in [4.78, 5) is 28.4. The van der Waals surface area contributed by atoms with Crippen molar-refractivity contribution in [2.45, 2.75) is 64.6 Å². The molecule has 148 valence electrons. The monoisotopic (exact) mass is 373 g/mol. The number of fused-ring (bicyclic) bond motifs is 1. The summed E-state index contributed by atoms with van der Waals surface area (Å²) in [5.74, 6) is 0.840. The van der Waals surface area contributed by atoms with Gasteiger partial charge in [-0.05, 0) is 33.6 Å². The summed E-state index contributed by atoms with van der Waals surface area (Å²) >= 11 is 0. The molecule has 0 unspecified atom stereocenters. The molecule has 2 fully saturated rings. The number of anilines is 1. The minimum atomic E-state index is -0.473. The molecule has 0 N–H and O–H groups in total. The lowest BCUT2D eigenvalue weighted by Gasteiger charge is -2.43. The molecule has 4 rings (SSSR count). The van der Waals surface area contributed by atoms with Crippen LogP contribution in [0.5, 0.6) is 0 Å². The number of carbonyl (C=O) groups is 1. The van der Waals surface area contributed by atoms with Crippen LogP contribution in [0.1, 0.15) is 51.3 Å². The van der Waals surface area contributed by atoms with Gasteiger partial charge in [0, 0.05) is 56.9 Å². The minimum Gasteiger partial charge on any atom is -0.444 e. The van der Waals surface area contributed by atoms with Crippen molar-refractivity contribution in [1.29, 1.82) is 0 Å². The van der Waals surface area contributed by atoms with E-state index >= 15 is 0 Å². The first-order valence-corrected chi connectivity index (χ1v) is 10.2. The zero-order chi connectivity index (χ0) is 19.0. The van der Waals surface area contributed by atoms with Crippen LogP contribution >= 0.6 is 0 Å². The molecule has 1 amide bonds. The maximum Gasteiger partial charge on any atom is 0.410 e. The van der Waals surface area contributed by atoms with Gasteiger partial charge in [0.15, 0.2) is 0 Å². The highest BCUT2D eigenvalue weighted by atomic mass is 16.6. The first kappa shape index (κ1) is 18.5. The van der Waals surface area contributed by atoms with Crippen molar-refractivity contribution < 1.29 is 9.53 Å². The summed E-state index contributed by atoms with van der Waals surface area (Å²) in [6.45, 7) is 11.1. The molecule has 7 nitrogen and oxygen atoms in total. The highest BCUT2D eigenvalue weighted by Crippen LogP contribution is 2.27. The van der Waals surface area contributed by atoms with Crippen LogP contribution in [0, 0.1) is 0 Å². The molecule has 0 radical (unpaired) electrons. The van der Waals surface area contributed by atoms with E-state index in [0.717, 1.165) is 55.8 Å². The molecule has 0 spiro atoms. The topological polar surface area (TPSA) is 61.8 Å². The Morgan fingerprint density at radius 3 is 2.52 bits per heavy atom. The summed E-state index contributed by atoms with van der Waals surface area (Å²) in [5.41, 5.74) is 1.63. The van der Waals surface area contributed by atoms with E-state index in [2.05, 4.69) is 14.8 Å². The number of hydrogen-bond acceptors (Lipinski definition) is 6. The molecule has 1 saturated heterocycles. The lowest BCUT2D eigenvalue weighted by Crippen LogP contribution is -2.52. The second kappa shape index (κ2) is 7.26. The molecule has 27 heavy (non-hydrogen) atoms. The van der Waals surface area contributed by atoms with E-state index in [0.29, 0.717) is 13.1 Å². The number of nitrogens with zero attached hydrogens (tertiary/aromatic N) is 5. The molecule has 0 bridgehead atoms. The van der Waals surface area contributed by atoms with Crippen LogP contribution in [0.2, 0.25) is 0 Å². The number of amides is 1. The van der Waals surface area contributed by atoms with Gasteiger partial charge < -0.3 is 14.5 Å². The second-order valence-corrected chi connectivity index (χ2v) is 8.90. The van der Waals surface area contributed by atoms with Crippen LogP contribution in [0.25, 0.3) is 0 Å². The summed E-state index contributed by atoms with van der Waals surface area (Å²) in [6, 6.07) is 0.815. The molecule has 1 saturated carbocycles. The maximum absolute atomic E-state index is 12.3. The van der Waals surface area contributed by atoms with Crippen LogP contribution in [-0.4, -0.2) is 70.2 Å². The fraction of sp³-hybridized carbons (Fsp3) is 0.750. The third kappa shape index (κ3) is 4.18. The van der Waals surface area contributed by atoms with E-state index in [4.69, 9.17) is 9.72 Å². The molecule has 3 aliphatic rings. The lowest BCUT2D eigenvalue weighted by atomic mass is 9.91. The van der Waals surface area contributed by atoms with Crippen LogP contribution in [0.15, 0.2) is 6.20 Å². The van der Waals surface area contributed by atoms with Crippen molar-refractivity contribution >= 4 is 12.0 Å². The van der Waals surface area contributed by atoms with Crippen LogP contribution in [-0.2, 0) is 17.7 Å². The van der Waals surface area contributed by atoms with Gasteiger partial charge >= 0.3 is 6.09 Å². The molecule has 2 aliphatic heterocycles. The molecular formula is C20H31N5O2. The highest BCUT2D eigenvalue weighted by Gasteiger charge is 2.30. The van der Waals surface area contributed by atoms with E-state index in [1.165, 1.54) is 19.3 Å². The molecule has 0 atom stereocenters. The second-order valence-electron chi connectivity index (χ2n) is 8.90. The zero-order valence-electron chi connectivity index (χ0n) is 16.8. The normalized spacial score (nSPS) is 21.6. The van der Waals surface area contributed by atoms with Gasteiger partial charge in [-0.3, -0.25) is 4.90 Å². The van der Waals surface area contributed by atoms with Crippen molar-refractivity contribution in [1.82, 2.24) is 19.8 Å². The number of rotatable bonds is 2. The van der Waals surface area contributed by atoms with E-state index in [9.17, 15) is 4.79 Å². The van der Waals surface area contributed by atoms with Crippen molar-refractivity contribution in [2.24, 2.45) is 0 Å². The molecule has 1 aromatic rings. The smallest absolute Gasteiger partial charge is 0.410 e.